The summed E-state index contributed by atoms with van der Waals surface area (Å²) in [6.45, 7) is 2.66. The molecular weight excluding hydrogens is 324 g/mol. The van der Waals surface area contributed by atoms with Crippen molar-refractivity contribution in [2.75, 3.05) is 13.2 Å². The lowest BCUT2D eigenvalue weighted by Gasteiger charge is -2.32. The molecule has 0 spiro atoms. The quantitative estimate of drug-likeness (QED) is 0.603. The number of fused-ring (bicyclic) bond motifs is 2. The second kappa shape index (κ2) is 9.75. The molecule has 0 aromatic heterocycles. The molecule has 2 aliphatic carbocycles. The monoisotopic (exact) mass is 360 g/mol. The molecule has 3 nitrogen and oxygen atoms in total. The number of ether oxygens (including phenoxy) is 1. The second-order valence-corrected chi connectivity index (χ2v) is 8.36. The van der Waals surface area contributed by atoms with Gasteiger partial charge in [-0.15, -0.1) is 0 Å². The Bertz CT molecular complexity index is 556. The summed E-state index contributed by atoms with van der Waals surface area (Å²) in [6.07, 6.45) is 11.6. The molecule has 0 heterocycles. The predicted octanol–water partition coefficient (Wildman–Crippen LogP) is 4.52. The largest absolute Gasteiger partial charge is 0.491 e. The van der Waals surface area contributed by atoms with Crippen LogP contribution in [0.15, 0.2) is 18.2 Å². The van der Waals surface area contributed by atoms with Gasteiger partial charge in [0, 0.05) is 0 Å². The average Bonchev–Trinajstić information content (AvgIpc) is 3.05. The lowest BCUT2D eigenvalue weighted by atomic mass is 9.73. The first-order valence-electron chi connectivity index (χ1n) is 10.7. The number of hydrogen-bond acceptors (Lipinski definition) is 3. The van der Waals surface area contributed by atoms with Gasteiger partial charge in [0.05, 0.1) is 12.7 Å². The van der Waals surface area contributed by atoms with Crippen LogP contribution < -0.4 is 4.74 Å². The van der Waals surface area contributed by atoms with Gasteiger partial charge in [-0.1, -0.05) is 38.3 Å². The lowest BCUT2D eigenvalue weighted by molar-refractivity contribution is 0.134. The molecule has 0 aliphatic heterocycles. The fraction of sp³-hybridized carbons (Fsp3) is 0.739. The smallest absolute Gasteiger partial charge is 0.122 e. The van der Waals surface area contributed by atoms with Crippen LogP contribution in [0.3, 0.4) is 0 Å². The van der Waals surface area contributed by atoms with E-state index < -0.39 is 0 Å². The molecule has 1 fully saturated rings. The molecule has 1 saturated carbocycles. The summed E-state index contributed by atoms with van der Waals surface area (Å²) in [5, 5.41) is 19.3. The lowest BCUT2D eigenvalue weighted by Crippen LogP contribution is -2.26. The third-order valence-corrected chi connectivity index (χ3v) is 6.63. The molecule has 0 amide bonds. The maximum Gasteiger partial charge on any atom is 0.122 e. The van der Waals surface area contributed by atoms with Gasteiger partial charge in [0.2, 0.25) is 0 Å². The third kappa shape index (κ3) is 4.80. The van der Waals surface area contributed by atoms with Gasteiger partial charge in [-0.2, -0.15) is 0 Å². The average molecular weight is 361 g/mol. The highest BCUT2D eigenvalue weighted by molar-refractivity contribution is 5.42. The van der Waals surface area contributed by atoms with Crippen LogP contribution >= 0.6 is 0 Å². The number of aliphatic hydroxyl groups is 2. The number of unbranched alkanes of at least 4 members (excludes halogenated alkanes) is 2. The molecule has 0 bridgehead atoms. The molecule has 26 heavy (non-hydrogen) atoms. The Labute approximate surface area is 158 Å². The zero-order valence-corrected chi connectivity index (χ0v) is 16.3. The molecular formula is C23H36O3. The Balaban J connectivity index is 1.56. The van der Waals surface area contributed by atoms with E-state index in [4.69, 9.17) is 9.84 Å². The number of benzene rings is 1. The van der Waals surface area contributed by atoms with E-state index in [-0.39, 0.29) is 12.7 Å². The van der Waals surface area contributed by atoms with Gasteiger partial charge in [0.1, 0.15) is 12.4 Å². The van der Waals surface area contributed by atoms with Crippen molar-refractivity contribution in [1.82, 2.24) is 0 Å². The summed E-state index contributed by atoms with van der Waals surface area (Å²) < 4.78 is 5.77. The van der Waals surface area contributed by atoms with Crippen molar-refractivity contribution in [2.24, 2.45) is 17.8 Å². The van der Waals surface area contributed by atoms with Crippen molar-refractivity contribution in [2.45, 2.75) is 77.2 Å². The molecule has 4 atom stereocenters. The Morgan fingerprint density at radius 2 is 2.04 bits per heavy atom. The second-order valence-electron chi connectivity index (χ2n) is 8.36. The van der Waals surface area contributed by atoms with E-state index in [0.29, 0.717) is 6.61 Å². The summed E-state index contributed by atoms with van der Waals surface area (Å²) in [4.78, 5) is 0. The van der Waals surface area contributed by atoms with Crippen LogP contribution in [0.4, 0.5) is 0 Å². The summed E-state index contributed by atoms with van der Waals surface area (Å²) in [7, 11) is 0. The highest BCUT2D eigenvalue weighted by Gasteiger charge is 2.39. The Hall–Kier alpha value is -1.06. The van der Waals surface area contributed by atoms with Crippen molar-refractivity contribution in [3.63, 3.8) is 0 Å². The molecule has 146 valence electrons. The van der Waals surface area contributed by atoms with E-state index in [2.05, 4.69) is 19.1 Å². The first-order valence-corrected chi connectivity index (χ1v) is 10.7. The van der Waals surface area contributed by atoms with Crippen molar-refractivity contribution in [3.8, 4) is 5.75 Å². The van der Waals surface area contributed by atoms with Crippen LogP contribution in [-0.4, -0.2) is 29.5 Å². The van der Waals surface area contributed by atoms with Crippen LogP contribution in [0.25, 0.3) is 0 Å². The third-order valence-electron chi connectivity index (χ3n) is 6.63. The van der Waals surface area contributed by atoms with Crippen molar-refractivity contribution in [3.05, 3.63) is 29.3 Å². The normalized spacial score (nSPS) is 25.6. The van der Waals surface area contributed by atoms with E-state index >= 15 is 0 Å². The van der Waals surface area contributed by atoms with Gasteiger partial charge >= 0.3 is 0 Å². The fourth-order valence-electron chi connectivity index (χ4n) is 5.21. The van der Waals surface area contributed by atoms with Gasteiger partial charge in [-0.05, 0) is 79.9 Å². The number of hydrogen-bond donors (Lipinski definition) is 2. The molecule has 4 unspecified atom stereocenters. The van der Waals surface area contributed by atoms with Gasteiger partial charge in [-0.25, -0.2) is 0 Å². The van der Waals surface area contributed by atoms with E-state index in [0.717, 1.165) is 49.2 Å². The number of aliphatic hydroxyl groups excluding tert-OH is 2. The van der Waals surface area contributed by atoms with Gasteiger partial charge in [0.15, 0.2) is 0 Å². The van der Waals surface area contributed by atoms with Crippen LogP contribution in [0, 0.1) is 17.8 Å². The summed E-state index contributed by atoms with van der Waals surface area (Å²) in [5.74, 6) is 3.29. The highest BCUT2D eigenvalue weighted by atomic mass is 16.5. The molecule has 3 rings (SSSR count). The van der Waals surface area contributed by atoms with Gasteiger partial charge < -0.3 is 14.9 Å². The van der Waals surface area contributed by atoms with Crippen molar-refractivity contribution >= 4 is 0 Å². The Kier molecular flexibility index (Phi) is 7.39. The number of rotatable bonds is 10. The summed E-state index contributed by atoms with van der Waals surface area (Å²) in [6, 6.07) is 6.40. The first-order chi connectivity index (χ1) is 12.7. The minimum Gasteiger partial charge on any atom is -0.491 e. The molecule has 0 radical (unpaired) electrons. The van der Waals surface area contributed by atoms with E-state index in [1.54, 1.807) is 0 Å². The topological polar surface area (TPSA) is 49.7 Å². The molecule has 1 aromatic carbocycles. The van der Waals surface area contributed by atoms with Crippen molar-refractivity contribution in [1.29, 1.82) is 0 Å². The molecule has 2 aliphatic rings. The van der Waals surface area contributed by atoms with E-state index in [9.17, 15) is 5.11 Å². The standard InChI is InChI=1S/C23H36O3/c1-2-3-4-7-20(25)12-11-17-9-10-19-16-22-18(15-21(17)19)6-5-8-23(22)26-14-13-24/h5-6,8,17,19-21,24-25H,2-4,7,9-16H2,1H3. The van der Waals surface area contributed by atoms with Crippen LogP contribution in [0.1, 0.15) is 69.4 Å². The predicted molar refractivity (Wildman–Crippen MR) is 106 cm³/mol. The summed E-state index contributed by atoms with van der Waals surface area (Å²) in [5.41, 5.74) is 2.82. The summed E-state index contributed by atoms with van der Waals surface area (Å²) >= 11 is 0. The SMILES string of the molecule is CCCCCC(O)CCC1CCC2Cc3c(cccc3OCCO)CC12. The molecule has 3 heteroatoms. The Morgan fingerprint density at radius 1 is 1.15 bits per heavy atom. The minimum absolute atomic E-state index is 0.0678. The van der Waals surface area contributed by atoms with Crippen LogP contribution in [0.5, 0.6) is 5.75 Å². The van der Waals surface area contributed by atoms with E-state index in [1.807, 2.05) is 6.07 Å². The maximum atomic E-state index is 10.3. The fourth-order valence-corrected chi connectivity index (χ4v) is 5.21. The first kappa shape index (κ1) is 19.7. The molecule has 0 saturated heterocycles. The zero-order valence-electron chi connectivity index (χ0n) is 16.3. The zero-order chi connectivity index (χ0) is 18.4. The van der Waals surface area contributed by atoms with Crippen LogP contribution in [0.2, 0.25) is 0 Å². The maximum absolute atomic E-state index is 10.3. The van der Waals surface area contributed by atoms with Gasteiger partial charge in [0.25, 0.3) is 0 Å². The highest BCUT2D eigenvalue weighted by Crippen LogP contribution is 2.48. The Morgan fingerprint density at radius 3 is 2.85 bits per heavy atom. The molecule has 1 aromatic rings. The van der Waals surface area contributed by atoms with Crippen LogP contribution in [-0.2, 0) is 12.8 Å². The van der Waals surface area contributed by atoms with Gasteiger partial charge in [-0.3, -0.25) is 0 Å². The van der Waals surface area contributed by atoms with E-state index in [1.165, 1.54) is 49.7 Å². The molecule has 2 N–H and O–H groups in total. The van der Waals surface area contributed by atoms with Crippen molar-refractivity contribution < 1.29 is 14.9 Å². The minimum atomic E-state index is -0.102.